The summed E-state index contributed by atoms with van der Waals surface area (Å²) in [5.74, 6) is 0.774. The summed E-state index contributed by atoms with van der Waals surface area (Å²) in [6, 6.07) is 0.669. The first-order chi connectivity index (χ1) is 7.57. The molecule has 0 radical (unpaired) electrons. The SMILES string of the molecule is CC1CC(C)(C)CCC1NCc1cn[nH]c1. The molecule has 3 nitrogen and oxygen atoms in total. The summed E-state index contributed by atoms with van der Waals surface area (Å²) in [5, 5.41) is 10.5. The summed E-state index contributed by atoms with van der Waals surface area (Å²) in [7, 11) is 0. The molecule has 1 aromatic heterocycles. The van der Waals surface area contributed by atoms with E-state index in [4.69, 9.17) is 0 Å². The second kappa shape index (κ2) is 4.58. The van der Waals surface area contributed by atoms with E-state index in [2.05, 4.69) is 36.3 Å². The molecule has 0 aliphatic heterocycles. The molecule has 2 N–H and O–H groups in total. The third-order valence-corrected chi connectivity index (χ3v) is 3.82. The predicted molar refractivity (Wildman–Crippen MR) is 66.0 cm³/mol. The Hall–Kier alpha value is -0.830. The highest BCUT2D eigenvalue weighted by Crippen LogP contribution is 2.38. The Balaban J connectivity index is 1.83. The molecule has 3 heteroatoms. The molecule has 1 aromatic rings. The average molecular weight is 221 g/mol. The number of rotatable bonds is 3. The molecule has 1 aliphatic rings. The second-order valence-corrected chi connectivity index (χ2v) is 5.98. The van der Waals surface area contributed by atoms with Crippen molar-refractivity contribution in [1.82, 2.24) is 15.5 Å². The maximum absolute atomic E-state index is 3.96. The first kappa shape index (κ1) is 11.6. The second-order valence-electron chi connectivity index (χ2n) is 5.98. The number of aromatic nitrogens is 2. The molecule has 90 valence electrons. The van der Waals surface area contributed by atoms with Crippen LogP contribution in [0.3, 0.4) is 0 Å². The van der Waals surface area contributed by atoms with Gasteiger partial charge >= 0.3 is 0 Å². The summed E-state index contributed by atoms with van der Waals surface area (Å²) in [5.41, 5.74) is 1.78. The summed E-state index contributed by atoms with van der Waals surface area (Å²) < 4.78 is 0. The Morgan fingerprint density at radius 1 is 1.56 bits per heavy atom. The monoisotopic (exact) mass is 221 g/mol. The van der Waals surface area contributed by atoms with Crippen molar-refractivity contribution in [3.8, 4) is 0 Å². The van der Waals surface area contributed by atoms with Crippen LogP contribution in [0.1, 0.15) is 45.6 Å². The van der Waals surface area contributed by atoms with Gasteiger partial charge in [-0.15, -0.1) is 0 Å². The van der Waals surface area contributed by atoms with Crippen molar-refractivity contribution in [2.45, 2.75) is 52.6 Å². The van der Waals surface area contributed by atoms with E-state index in [0.717, 1.165) is 12.5 Å². The standard InChI is InChI=1S/C13H23N3/c1-10-6-13(2,3)5-4-12(10)14-7-11-8-15-16-9-11/h8-10,12,14H,4-7H2,1-3H3,(H,15,16). The van der Waals surface area contributed by atoms with Crippen molar-refractivity contribution in [3.63, 3.8) is 0 Å². The molecule has 1 heterocycles. The average Bonchev–Trinajstić information content (AvgIpc) is 2.68. The van der Waals surface area contributed by atoms with Gasteiger partial charge in [-0.25, -0.2) is 0 Å². The van der Waals surface area contributed by atoms with Gasteiger partial charge in [0, 0.05) is 24.3 Å². The van der Waals surface area contributed by atoms with Gasteiger partial charge < -0.3 is 5.32 Å². The third-order valence-electron chi connectivity index (χ3n) is 3.82. The fraction of sp³-hybridized carbons (Fsp3) is 0.769. The quantitative estimate of drug-likeness (QED) is 0.824. The molecule has 1 fully saturated rings. The number of aromatic amines is 1. The number of hydrogen-bond donors (Lipinski definition) is 2. The molecule has 0 amide bonds. The molecular weight excluding hydrogens is 198 g/mol. The highest BCUT2D eigenvalue weighted by molar-refractivity contribution is 5.02. The van der Waals surface area contributed by atoms with E-state index in [9.17, 15) is 0 Å². The van der Waals surface area contributed by atoms with E-state index < -0.39 is 0 Å². The summed E-state index contributed by atoms with van der Waals surface area (Å²) >= 11 is 0. The van der Waals surface area contributed by atoms with Crippen LogP contribution in [0.15, 0.2) is 12.4 Å². The topological polar surface area (TPSA) is 40.7 Å². The van der Waals surface area contributed by atoms with Gasteiger partial charge in [-0.2, -0.15) is 5.10 Å². The molecule has 0 spiro atoms. The third kappa shape index (κ3) is 2.85. The van der Waals surface area contributed by atoms with Gasteiger partial charge in [-0.1, -0.05) is 20.8 Å². The van der Waals surface area contributed by atoms with Crippen LogP contribution in [0.4, 0.5) is 0 Å². The molecule has 16 heavy (non-hydrogen) atoms. The smallest absolute Gasteiger partial charge is 0.0532 e. The summed E-state index contributed by atoms with van der Waals surface area (Å²) in [6.45, 7) is 8.07. The molecule has 0 aromatic carbocycles. The zero-order valence-electron chi connectivity index (χ0n) is 10.6. The Bertz CT molecular complexity index is 316. The van der Waals surface area contributed by atoms with Gasteiger partial charge in [0.05, 0.1) is 6.20 Å². The fourth-order valence-electron chi connectivity index (χ4n) is 2.87. The molecule has 2 unspecified atom stereocenters. The molecule has 1 aliphatic carbocycles. The predicted octanol–water partition coefficient (Wildman–Crippen LogP) is 2.71. The van der Waals surface area contributed by atoms with E-state index in [1.165, 1.54) is 24.8 Å². The van der Waals surface area contributed by atoms with Gasteiger partial charge in [0.1, 0.15) is 0 Å². The molecule has 2 atom stereocenters. The van der Waals surface area contributed by atoms with E-state index in [1.807, 2.05) is 12.4 Å². The van der Waals surface area contributed by atoms with Crippen LogP contribution in [0.25, 0.3) is 0 Å². The number of H-pyrrole nitrogens is 1. The van der Waals surface area contributed by atoms with Crippen molar-refractivity contribution in [3.05, 3.63) is 18.0 Å². The number of nitrogens with one attached hydrogen (secondary N) is 2. The van der Waals surface area contributed by atoms with Crippen LogP contribution in [0.5, 0.6) is 0 Å². The zero-order valence-corrected chi connectivity index (χ0v) is 10.6. The van der Waals surface area contributed by atoms with Crippen LogP contribution in [-0.2, 0) is 6.54 Å². The minimum atomic E-state index is 0.535. The van der Waals surface area contributed by atoms with Crippen molar-refractivity contribution < 1.29 is 0 Å². The van der Waals surface area contributed by atoms with Crippen LogP contribution in [0.2, 0.25) is 0 Å². The zero-order chi connectivity index (χ0) is 11.6. The summed E-state index contributed by atoms with van der Waals surface area (Å²) in [6.07, 6.45) is 7.82. The fourth-order valence-corrected chi connectivity index (χ4v) is 2.87. The van der Waals surface area contributed by atoms with E-state index in [-0.39, 0.29) is 0 Å². The highest BCUT2D eigenvalue weighted by atomic mass is 15.1. The first-order valence-electron chi connectivity index (χ1n) is 6.28. The Morgan fingerprint density at radius 2 is 2.38 bits per heavy atom. The van der Waals surface area contributed by atoms with Gasteiger partial charge in [-0.05, 0) is 30.6 Å². The molecule has 0 bridgehead atoms. The molecule has 0 saturated heterocycles. The molecule has 2 rings (SSSR count). The van der Waals surface area contributed by atoms with Gasteiger partial charge in [0.15, 0.2) is 0 Å². The van der Waals surface area contributed by atoms with Gasteiger partial charge in [0.25, 0.3) is 0 Å². The number of nitrogens with zero attached hydrogens (tertiary/aromatic N) is 1. The minimum absolute atomic E-state index is 0.535. The van der Waals surface area contributed by atoms with E-state index in [0.29, 0.717) is 11.5 Å². The number of hydrogen-bond acceptors (Lipinski definition) is 2. The van der Waals surface area contributed by atoms with Crippen molar-refractivity contribution in [1.29, 1.82) is 0 Å². The maximum atomic E-state index is 3.96. The largest absolute Gasteiger partial charge is 0.310 e. The molecule has 1 saturated carbocycles. The lowest BCUT2D eigenvalue weighted by Crippen LogP contribution is -2.41. The van der Waals surface area contributed by atoms with Crippen LogP contribution in [-0.4, -0.2) is 16.2 Å². The Labute approximate surface area is 98.0 Å². The lowest BCUT2D eigenvalue weighted by Gasteiger charge is -2.39. The van der Waals surface area contributed by atoms with Gasteiger partial charge in [-0.3, -0.25) is 5.10 Å². The minimum Gasteiger partial charge on any atom is -0.310 e. The maximum Gasteiger partial charge on any atom is 0.0532 e. The normalized spacial score (nSPS) is 29.2. The first-order valence-corrected chi connectivity index (χ1v) is 6.28. The van der Waals surface area contributed by atoms with E-state index in [1.54, 1.807) is 0 Å². The highest BCUT2D eigenvalue weighted by Gasteiger charge is 2.31. The van der Waals surface area contributed by atoms with Crippen molar-refractivity contribution >= 4 is 0 Å². The Kier molecular flexibility index (Phi) is 3.33. The van der Waals surface area contributed by atoms with Crippen molar-refractivity contribution in [2.75, 3.05) is 0 Å². The van der Waals surface area contributed by atoms with Crippen molar-refractivity contribution in [2.24, 2.45) is 11.3 Å². The molecular formula is C13H23N3. The van der Waals surface area contributed by atoms with E-state index >= 15 is 0 Å². The lowest BCUT2D eigenvalue weighted by molar-refractivity contribution is 0.148. The van der Waals surface area contributed by atoms with Crippen LogP contribution in [0, 0.1) is 11.3 Å². The van der Waals surface area contributed by atoms with Crippen LogP contribution >= 0.6 is 0 Å². The Morgan fingerprint density at radius 3 is 3.00 bits per heavy atom. The van der Waals surface area contributed by atoms with Crippen LogP contribution < -0.4 is 5.32 Å². The van der Waals surface area contributed by atoms with Gasteiger partial charge in [0.2, 0.25) is 0 Å². The lowest BCUT2D eigenvalue weighted by atomic mass is 9.70. The summed E-state index contributed by atoms with van der Waals surface area (Å²) in [4.78, 5) is 0.